The van der Waals surface area contributed by atoms with Crippen LogP contribution in [0.1, 0.15) is 51.7 Å². The fourth-order valence-corrected chi connectivity index (χ4v) is 1.67. The molecule has 0 saturated carbocycles. The Kier molecular flexibility index (Phi) is 3.98. The van der Waals surface area contributed by atoms with Crippen molar-refractivity contribution in [3.8, 4) is 5.75 Å². The van der Waals surface area contributed by atoms with Gasteiger partial charge in [0.1, 0.15) is 5.75 Å². The van der Waals surface area contributed by atoms with Gasteiger partial charge in [0, 0.05) is 5.56 Å². The number of benzene rings is 1. The summed E-state index contributed by atoms with van der Waals surface area (Å²) in [6, 6.07) is 6.05. The van der Waals surface area contributed by atoms with Crippen LogP contribution < -0.4 is 4.74 Å². The van der Waals surface area contributed by atoms with Crippen LogP contribution in [0.2, 0.25) is 0 Å². The molecule has 2 nitrogen and oxygen atoms in total. The summed E-state index contributed by atoms with van der Waals surface area (Å²) in [5.74, 6) is 1.23. The number of rotatable bonds is 4. The average Bonchev–Trinajstić information content (AvgIpc) is 2.16. The predicted molar refractivity (Wildman–Crippen MR) is 66.9 cm³/mol. The van der Waals surface area contributed by atoms with Gasteiger partial charge in [-0.15, -0.1) is 0 Å². The molecule has 1 rings (SSSR count). The summed E-state index contributed by atoms with van der Waals surface area (Å²) in [6.45, 7) is 10.4. The van der Waals surface area contributed by atoms with Gasteiger partial charge in [-0.2, -0.15) is 0 Å². The van der Waals surface area contributed by atoms with Gasteiger partial charge < -0.3 is 9.84 Å². The van der Waals surface area contributed by atoms with E-state index in [4.69, 9.17) is 4.74 Å². The first-order valence-electron chi connectivity index (χ1n) is 5.85. The Labute approximate surface area is 98.3 Å². The second-order valence-corrected chi connectivity index (χ2v) is 4.90. The third-order valence-electron chi connectivity index (χ3n) is 2.63. The summed E-state index contributed by atoms with van der Waals surface area (Å²) in [4.78, 5) is 0. The molecule has 0 bridgehead atoms. The van der Waals surface area contributed by atoms with Crippen molar-refractivity contribution >= 4 is 0 Å². The lowest BCUT2D eigenvalue weighted by molar-refractivity contribution is 0.0748. The van der Waals surface area contributed by atoms with Gasteiger partial charge >= 0.3 is 0 Å². The van der Waals surface area contributed by atoms with Crippen LogP contribution in [0.25, 0.3) is 0 Å². The van der Waals surface area contributed by atoms with Crippen LogP contribution in [-0.4, -0.2) is 11.7 Å². The molecule has 90 valence electrons. The van der Waals surface area contributed by atoms with Gasteiger partial charge in [-0.1, -0.05) is 19.9 Å². The third kappa shape index (κ3) is 2.99. The minimum absolute atomic E-state index is 0.455. The smallest absolute Gasteiger partial charge is 0.125 e. The minimum atomic E-state index is -0.866. The molecule has 0 radical (unpaired) electrons. The van der Waals surface area contributed by atoms with Crippen LogP contribution >= 0.6 is 0 Å². The van der Waals surface area contributed by atoms with Crippen molar-refractivity contribution in [1.29, 1.82) is 0 Å². The van der Waals surface area contributed by atoms with Crippen LogP contribution in [0.3, 0.4) is 0 Å². The number of aliphatic hydroxyl groups is 1. The van der Waals surface area contributed by atoms with Crippen LogP contribution in [0.15, 0.2) is 18.2 Å². The first-order valence-corrected chi connectivity index (χ1v) is 5.85. The zero-order valence-electron chi connectivity index (χ0n) is 10.9. The third-order valence-corrected chi connectivity index (χ3v) is 2.63. The topological polar surface area (TPSA) is 29.5 Å². The Morgan fingerprint density at radius 3 is 2.38 bits per heavy atom. The lowest BCUT2D eigenvalue weighted by atomic mass is 9.92. The van der Waals surface area contributed by atoms with E-state index in [2.05, 4.69) is 19.9 Å². The molecule has 1 aromatic carbocycles. The molecule has 1 aromatic rings. The van der Waals surface area contributed by atoms with Crippen LogP contribution in [0.4, 0.5) is 0 Å². The van der Waals surface area contributed by atoms with Crippen molar-refractivity contribution in [3.05, 3.63) is 29.3 Å². The highest BCUT2D eigenvalue weighted by Gasteiger charge is 2.21. The van der Waals surface area contributed by atoms with E-state index in [9.17, 15) is 5.11 Å². The van der Waals surface area contributed by atoms with E-state index >= 15 is 0 Å². The minimum Gasteiger partial charge on any atom is -0.493 e. The van der Waals surface area contributed by atoms with E-state index in [1.54, 1.807) is 13.8 Å². The molecule has 0 aromatic heterocycles. The number of hydrogen-bond donors (Lipinski definition) is 1. The predicted octanol–water partition coefficient (Wildman–Crippen LogP) is 3.44. The normalized spacial score (nSPS) is 11.9. The Bertz CT molecular complexity index is 348. The lowest BCUT2D eigenvalue weighted by Gasteiger charge is -2.23. The second kappa shape index (κ2) is 4.88. The largest absolute Gasteiger partial charge is 0.493 e. The van der Waals surface area contributed by atoms with Gasteiger partial charge in [0.2, 0.25) is 0 Å². The summed E-state index contributed by atoms with van der Waals surface area (Å²) in [7, 11) is 0. The Hall–Kier alpha value is -1.02. The van der Waals surface area contributed by atoms with Crippen molar-refractivity contribution in [2.24, 2.45) is 0 Å². The number of hydrogen-bond acceptors (Lipinski definition) is 2. The second-order valence-electron chi connectivity index (χ2n) is 4.90. The highest BCUT2D eigenvalue weighted by molar-refractivity contribution is 5.41. The summed E-state index contributed by atoms with van der Waals surface area (Å²) in [5.41, 5.74) is 1.22. The fourth-order valence-electron chi connectivity index (χ4n) is 1.67. The Morgan fingerprint density at radius 1 is 1.31 bits per heavy atom. The molecule has 0 aliphatic carbocycles. The summed E-state index contributed by atoms with van der Waals surface area (Å²) < 4.78 is 5.54. The van der Waals surface area contributed by atoms with Gasteiger partial charge in [-0.05, 0) is 44.4 Å². The van der Waals surface area contributed by atoms with E-state index in [0.29, 0.717) is 12.5 Å². The Balaban J connectivity index is 3.21. The molecule has 0 spiro atoms. The van der Waals surface area contributed by atoms with Crippen molar-refractivity contribution < 1.29 is 9.84 Å². The Morgan fingerprint density at radius 2 is 1.94 bits per heavy atom. The van der Waals surface area contributed by atoms with E-state index in [-0.39, 0.29) is 0 Å². The fraction of sp³-hybridized carbons (Fsp3) is 0.571. The molecule has 1 N–H and O–H groups in total. The van der Waals surface area contributed by atoms with Gasteiger partial charge in [0.25, 0.3) is 0 Å². The first-order chi connectivity index (χ1) is 7.36. The van der Waals surface area contributed by atoms with Crippen LogP contribution in [0.5, 0.6) is 5.75 Å². The monoisotopic (exact) mass is 222 g/mol. The first kappa shape index (κ1) is 13.0. The van der Waals surface area contributed by atoms with Gasteiger partial charge in [0.15, 0.2) is 0 Å². The molecule has 0 fully saturated rings. The zero-order valence-corrected chi connectivity index (χ0v) is 10.9. The van der Waals surface area contributed by atoms with Crippen LogP contribution in [0, 0.1) is 0 Å². The highest BCUT2D eigenvalue weighted by Crippen LogP contribution is 2.32. The van der Waals surface area contributed by atoms with E-state index < -0.39 is 5.60 Å². The van der Waals surface area contributed by atoms with Crippen molar-refractivity contribution in [2.75, 3.05) is 6.61 Å². The maximum atomic E-state index is 10.1. The van der Waals surface area contributed by atoms with Gasteiger partial charge in [-0.25, -0.2) is 0 Å². The number of ether oxygens (including phenoxy) is 1. The summed E-state index contributed by atoms with van der Waals surface area (Å²) in [6.07, 6.45) is 0. The molecular formula is C14H22O2. The molecule has 16 heavy (non-hydrogen) atoms. The summed E-state index contributed by atoms with van der Waals surface area (Å²) >= 11 is 0. The molecular weight excluding hydrogens is 200 g/mol. The molecule has 0 amide bonds. The highest BCUT2D eigenvalue weighted by atomic mass is 16.5. The SMILES string of the molecule is CCOc1ccc(C(C)C)cc1C(C)(C)O. The van der Waals surface area contributed by atoms with Crippen LogP contribution in [-0.2, 0) is 5.60 Å². The van der Waals surface area contributed by atoms with Crippen molar-refractivity contribution in [3.63, 3.8) is 0 Å². The standard InChI is InChI=1S/C14H22O2/c1-6-16-13-8-7-11(10(2)3)9-12(13)14(4,5)15/h7-10,15H,6H2,1-5H3. The molecule has 0 atom stereocenters. The maximum Gasteiger partial charge on any atom is 0.125 e. The van der Waals surface area contributed by atoms with Gasteiger partial charge in [-0.3, -0.25) is 0 Å². The quantitative estimate of drug-likeness (QED) is 0.845. The van der Waals surface area contributed by atoms with Gasteiger partial charge in [0.05, 0.1) is 12.2 Å². The summed E-state index contributed by atoms with van der Waals surface area (Å²) in [5, 5.41) is 10.1. The maximum absolute atomic E-state index is 10.1. The van der Waals surface area contributed by atoms with E-state index in [0.717, 1.165) is 11.3 Å². The molecule has 0 heterocycles. The molecule has 0 unspecified atom stereocenters. The van der Waals surface area contributed by atoms with E-state index in [1.165, 1.54) is 5.56 Å². The lowest BCUT2D eigenvalue weighted by Crippen LogP contribution is -2.17. The molecule has 0 saturated heterocycles. The van der Waals surface area contributed by atoms with Crippen molar-refractivity contribution in [2.45, 2.75) is 46.1 Å². The molecule has 0 aliphatic rings. The molecule has 2 heteroatoms. The van der Waals surface area contributed by atoms with Crippen molar-refractivity contribution in [1.82, 2.24) is 0 Å². The zero-order chi connectivity index (χ0) is 12.3. The average molecular weight is 222 g/mol. The van der Waals surface area contributed by atoms with E-state index in [1.807, 2.05) is 19.1 Å². The molecule has 0 aliphatic heterocycles.